The van der Waals surface area contributed by atoms with Crippen LogP contribution in [0.1, 0.15) is 12.1 Å². The van der Waals surface area contributed by atoms with Gasteiger partial charge in [-0.2, -0.15) is 0 Å². The highest BCUT2D eigenvalue weighted by molar-refractivity contribution is 5.76. The summed E-state index contributed by atoms with van der Waals surface area (Å²) in [6, 6.07) is 2.96. The van der Waals surface area contributed by atoms with Crippen LogP contribution in [0.3, 0.4) is 0 Å². The number of aromatic nitrogens is 1. The zero-order valence-electron chi connectivity index (χ0n) is 11.5. The molecule has 0 aliphatic carbocycles. The normalized spacial score (nSPS) is 10.1. The van der Waals surface area contributed by atoms with Gasteiger partial charge in [-0.25, -0.2) is 4.98 Å². The van der Waals surface area contributed by atoms with Crippen LogP contribution in [0.25, 0.3) is 0 Å². The van der Waals surface area contributed by atoms with Crippen molar-refractivity contribution in [2.24, 2.45) is 0 Å². The van der Waals surface area contributed by atoms with Gasteiger partial charge in [0.25, 0.3) is 0 Å². The van der Waals surface area contributed by atoms with Crippen molar-refractivity contribution >= 4 is 17.4 Å². The number of carbonyl (C=O) groups excluding carboxylic acids is 1. The van der Waals surface area contributed by atoms with E-state index in [2.05, 4.69) is 15.6 Å². The highest BCUT2D eigenvalue weighted by atomic mass is 16.6. The Morgan fingerprint density at radius 1 is 1.45 bits per heavy atom. The summed E-state index contributed by atoms with van der Waals surface area (Å²) >= 11 is 0. The molecule has 1 aromatic rings. The van der Waals surface area contributed by atoms with Crippen molar-refractivity contribution in [2.45, 2.75) is 13.3 Å². The molecule has 0 saturated heterocycles. The molecule has 0 aliphatic rings. The lowest BCUT2D eigenvalue weighted by Gasteiger charge is -2.07. The maximum atomic E-state index is 11.4. The highest BCUT2D eigenvalue weighted by Gasteiger charge is 2.14. The predicted molar refractivity (Wildman–Crippen MR) is 73.6 cm³/mol. The van der Waals surface area contributed by atoms with Crippen LogP contribution in [0.5, 0.6) is 0 Å². The van der Waals surface area contributed by atoms with Gasteiger partial charge in [0.15, 0.2) is 0 Å². The van der Waals surface area contributed by atoms with Gasteiger partial charge >= 0.3 is 5.69 Å². The Bertz CT molecular complexity index is 479. The Morgan fingerprint density at radius 3 is 2.85 bits per heavy atom. The average molecular weight is 282 g/mol. The Morgan fingerprint density at radius 2 is 2.20 bits per heavy atom. The van der Waals surface area contributed by atoms with Crippen molar-refractivity contribution in [2.75, 3.05) is 32.1 Å². The van der Waals surface area contributed by atoms with Gasteiger partial charge in [-0.05, 0) is 13.0 Å². The van der Waals surface area contributed by atoms with E-state index in [1.165, 1.54) is 6.07 Å². The number of hydrogen-bond donors (Lipinski definition) is 2. The Hall–Kier alpha value is -2.22. The first-order chi connectivity index (χ1) is 9.54. The van der Waals surface area contributed by atoms with Crippen LogP contribution < -0.4 is 10.6 Å². The second-order valence-corrected chi connectivity index (χ2v) is 4.10. The lowest BCUT2D eigenvalue weighted by atomic mass is 10.3. The molecule has 110 valence electrons. The van der Waals surface area contributed by atoms with Crippen LogP contribution >= 0.6 is 0 Å². The second-order valence-electron chi connectivity index (χ2n) is 4.10. The number of ether oxygens (including phenoxy) is 1. The number of hydrogen-bond acceptors (Lipinski definition) is 6. The van der Waals surface area contributed by atoms with Gasteiger partial charge in [0.05, 0.1) is 11.5 Å². The Balaban J connectivity index is 2.47. The molecular formula is C12H18N4O4. The van der Waals surface area contributed by atoms with Gasteiger partial charge in [0.2, 0.25) is 11.7 Å². The summed E-state index contributed by atoms with van der Waals surface area (Å²) in [6.07, 6.45) is 0.205. The number of rotatable bonds is 8. The van der Waals surface area contributed by atoms with Gasteiger partial charge in [-0.3, -0.25) is 14.9 Å². The molecule has 1 amide bonds. The zero-order chi connectivity index (χ0) is 15.0. The number of methoxy groups -OCH3 is 1. The molecule has 0 atom stereocenters. The summed E-state index contributed by atoms with van der Waals surface area (Å²) in [4.78, 5) is 25.8. The molecule has 1 rings (SSSR count). The maximum absolute atomic E-state index is 11.4. The van der Waals surface area contributed by atoms with E-state index in [4.69, 9.17) is 4.74 Å². The first kappa shape index (κ1) is 15.8. The minimum atomic E-state index is -0.507. The lowest BCUT2D eigenvalue weighted by molar-refractivity contribution is -0.384. The van der Waals surface area contributed by atoms with E-state index in [1.807, 2.05) is 0 Å². The predicted octanol–water partition coefficient (Wildman–Crippen LogP) is 0.863. The highest BCUT2D eigenvalue weighted by Crippen LogP contribution is 2.21. The van der Waals surface area contributed by atoms with Crippen LogP contribution in [0.15, 0.2) is 12.1 Å². The summed E-state index contributed by atoms with van der Waals surface area (Å²) in [5.74, 6) is 0.0320. The Labute approximate surface area is 116 Å². The van der Waals surface area contributed by atoms with Gasteiger partial charge in [0.1, 0.15) is 0 Å². The van der Waals surface area contributed by atoms with Crippen molar-refractivity contribution in [3.63, 3.8) is 0 Å². The maximum Gasteiger partial charge on any atom is 0.311 e. The minimum Gasteiger partial charge on any atom is -0.383 e. The fourth-order valence-electron chi connectivity index (χ4n) is 1.50. The van der Waals surface area contributed by atoms with Crippen LogP contribution in [0.4, 0.5) is 11.5 Å². The molecule has 0 radical (unpaired) electrons. The molecule has 8 heteroatoms. The van der Waals surface area contributed by atoms with Gasteiger partial charge in [-0.15, -0.1) is 0 Å². The molecule has 2 N–H and O–H groups in total. The summed E-state index contributed by atoms with van der Waals surface area (Å²) < 4.78 is 4.81. The zero-order valence-corrected chi connectivity index (χ0v) is 11.5. The van der Waals surface area contributed by atoms with E-state index in [0.717, 1.165) is 0 Å². The van der Waals surface area contributed by atoms with E-state index >= 15 is 0 Å². The van der Waals surface area contributed by atoms with E-state index in [1.54, 1.807) is 20.1 Å². The molecule has 0 aromatic carbocycles. The summed E-state index contributed by atoms with van der Waals surface area (Å²) in [5.41, 5.74) is 0.568. The number of anilines is 1. The fraction of sp³-hybridized carbons (Fsp3) is 0.500. The summed E-state index contributed by atoms with van der Waals surface area (Å²) in [5, 5.41) is 16.3. The number of pyridine rings is 1. The van der Waals surface area contributed by atoms with Crippen LogP contribution in [-0.2, 0) is 9.53 Å². The molecule has 1 aromatic heterocycles. The third-order valence-corrected chi connectivity index (χ3v) is 2.48. The first-order valence-electron chi connectivity index (χ1n) is 6.16. The van der Waals surface area contributed by atoms with Gasteiger partial charge in [-0.1, -0.05) is 0 Å². The molecule has 8 nitrogen and oxygen atoms in total. The lowest BCUT2D eigenvalue weighted by Crippen LogP contribution is -2.28. The molecule has 0 bridgehead atoms. The van der Waals surface area contributed by atoms with E-state index in [0.29, 0.717) is 18.8 Å². The van der Waals surface area contributed by atoms with Crippen LogP contribution in [0.2, 0.25) is 0 Å². The van der Waals surface area contributed by atoms with Gasteiger partial charge < -0.3 is 15.4 Å². The monoisotopic (exact) mass is 282 g/mol. The van der Waals surface area contributed by atoms with Crippen molar-refractivity contribution < 1.29 is 14.5 Å². The number of nitrogens with one attached hydrogen (secondary N) is 2. The average Bonchev–Trinajstić information content (AvgIpc) is 2.38. The molecule has 0 saturated carbocycles. The number of amides is 1. The molecule has 1 heterocycles. The standard InChI is InChI=1S/C12H18N4O4/c1-9-3-4-10(16(18)19)12(15-9)14-6-5-11(17)13-7-8-20-2/h3-4H,5-8H2,1-2H3,(H,13,17)(H,14,15). The SMILES string of the molecule is COCCNC(=O)CCNc1nc(C)ccc1[N+](=O)[O-]. The molecule has 20 heavy (non-hydrogen) atoms. The van der Waals surface area contributed by atoms with Crippen LogP contribution in [-0.4, -0.2) is 42.6 Å². The van der Waals surface area contributed by atoms with Crippen molar-refractivity contribution in [1.82, 2.24) is 10.3 Å². The topological polar surface area (TPSA) is 106 Å². The van der Waals surface area contributed by atoms with E-state index in [-0.39, 0.29) is 30.4 Å². The fourth-order valence-corrected chi connectivity index (χ4v) is 1.50. The van der Waals surface area contributed by atoms with Gasteiger partial charge in [0, 0.05) is 38.4 Å². The molecule has 0 aliphatic heterocycles. The summed E-state index contributed by atoms with van der Waals surface area (Å²) in [6.45, 7) is 2.91. The number of nitrogens with zero attached hydrogens (tertiary/aromatic N) is 2. The minimum absolute atomic E-state index is 0.101. The Kier molecular flexibility index (Phi) is 6.38. The van der Waals surface area contributed by atoms with Crippen molar-refractivity contribution in [1.29, 1.82) is 0 Å². The molecular weight excluding hydrogens is 264 g/mol. The van der Waals surface area contributed by atoms with Crippen LogP contribution in [0, 0.1) is 17.0 Å². The first-order valence-corrected chi connectivity index (χ1v) is 6.16. The molecule has 0 unspecified atom stereocenters. The third-order valence-electron chi connectivity index (χ3n) is 2.48. The van der Waals surface area contributed by atoms with E-state index in [9.17, 15) is 14.9 Å². The summed E-state index contributed by atoms with van der Waals surface area (Å²) in [7, 11) is 1.55. The number of carbonyl (C=O) groups is 1. The quantitative estimate of drug-likeness (QED) is 0.416. The third kappa shape index (κ3) is 5.19. The van der Waals surface area contributed by atoms with Crippen molar-refractivity contribution in [3.05, 3.63) is 27.9 Å². The largest absolute Gasteiger partial charge is 0.383 e. The van der Waals surface area contributed by atoms with E-state index < -0.39 is 4.92 Å². The molecule has 0 fully saturated rings. The van der Waals surface area contributed by atoms with Crippen molar-refractivity contribution in [3.8, 4) is 0 Å². The second kappa shape index (κ2) is 8.05. The molecule has 0 spiro atoms. The smallest absolute Gasteiger partial charge is 0.311 e. The number of nitro groups is 1. The number of aryl methyl sites for hydroxylation is 1.